The molecule has 0 aliphatic heterocycles. The van der Waals surface area contributed by atoms with Gasteiger partial charge >= 0.3 is 23.9 Å². The van der Waals surface area contributed by atoms with E-state index in [1.165, 1.54) is 58.0 Å². The van der Waals surface area contributed by atoms with Gasteiger partial charge in [0.25, 0.3) is 0 Å². The Bertz CT molecular complexity index is 2040. The number of benzene rings is 4. The van der Waals surface area contributed by atoms with E-state index in [9.17, 15) is 19.2 Å². The number of carbonyl (C=O) groups excluding carboxylic acids is 4. The zero-order valence-corrected chi connectivity index (χ0v) is 28.6. The van der Waals surface area contributed by atoms with Crippen molar-refractivity contribution < 1.29 is 42.5 Å². The molecular weight excluding hydrogens is 651 g/mol. The first kappa shape index (κ1) is 37.2. The summed E-state index contributed by atoms with van der Waals surface area (Å²) in [6.45, 7) is 20.3. The Balaban J connectivity index is 1.58. The van der Waals surface area contributed by atoms with Crippen LogP contribution < -0.4 is 18.9 Å². The molecule has 8 nitrogen and oxygen atoms in total. The molecular formula is C42H35FO8. The van der Waals surface area contributed by atoms with Crippen LogP contribution in [-0.2, 0) is 19.2 Å². The molecule has 4 aromatic carbocycles. The maximum Gasteiger partial charge on any atom is 0.338 e. The standard InChI is InChI=1S/C42H35FO8/c1-24(2)39(44)48-33-18-31(19-34(22-33)49-40(45)25(3)4)30-14-11-28(12-15-30)9-10-29-13-16-37(38(43)17-29)32-20-35(50-41(46)26(5)6)23-36(21-32)51-42(47)27(7)8/h9-23H,1,3,5,7H2,2,4,6,8H3/b10-9+. The topological polar surface area (TPSA) is 105 Å². The highest BCUT2D eigenvalue weighted by Gasteiger charge is 2.16. The Labute approximate surface area is 295 Å². The van der Waals surface area contributed by atoms with Gasteiger partial charge in [-0.05, 0) is 85.8 Å². The first-order valence-electron chi connectivity index (χ1n) is 15.5. The molecule has 0 aromatic heterocycles. The minimum absolute atomic E-state index is 0.0422. The third-order valence-electron chi connectivity index (χ3n) is 7.01. The third kappa shape index (κ3) is 10.2. The molecule has 0 radical (unpaired) electrons. The quantitative estimate of drug-likeness (QED) is 0.0629. The number of esters is 4. The molecule has 258 valence electrons. The van der Waals surface area contributed by atoms with Gasteiger partial charge in [0.2, 0.25) is 0 Å². The SMILES string of the molecule is C=C(C)C(=O)Oc1cc(OC(=O)C(=C)C)cc(-c2ccc(/C=C/c3ccc(-c4cc(OC(=O)C(=C)C)cc(OC(=O)C(=C)C)c4)c(F)c3)cc2)c1. The summed E-state index contributed by atoms with van der Waals surface area (Å²) in [4.78, 5) is 48.7. The smallest absolute Gasteiger partial charge is 0.338 e. The summed E-state index contributed by atoms with van der Waals surface area (Å²) in [6, 6.07) is 20.9. The van der Waals surface area contributed by atoms with Crippen molar-refractivity contribution in [3.63, 3.8) is 0 Å². The van der Waals surface area contributed by atoms with E-state index in [1.807, 2.05) is 24.3 Å². The number of hydrogen-bond acceptors (Lipinski definition) is 8. The van der Waals surface area contributed by atoms with Gasteiger partial charge in [-0.25, -0.2) is 23.6 Å². The van der Waals surface area contributed by atoms with Crippen molar-refractivity contribution in [1.29, 1.82) is 0 Å². The molecule has 9 heteroatoms. The van der Waals surface area contributed by atoms with Crippen molar-refractivity contribution in [1.82, 2.24) is 0 Å². The van der Waals surface area contributed by atoms with E-state index in [0.717, 1.165) is 11.1 Å². The Kier molecular flexibility index (Phi) is 11.8. The van der Waals surface area contributed by atoms with Crippen molar-refractivity contribution in [2.24, 2.45) is 0 Å². The zero-order valence-electron chi connectivity index (χ0n) is 28.6. The molecule has 0 saturated heterocycles. The fourth-order valence-electron chi connectivity index (χ4n) is 4.33. The van der Waals surface area contributed by atoms with Crippen LogP contribution in [0.1, 0.15) is 38.8 Å². The van der Waals surface area contributed by atoms with E-state index in [2.05, 4.69) is 26.3 Å². The largest absolute Gasteiger partial charge is 0.423 e. The van der Waals surface area contributed by atoms with Gasteiger partial charge in [-0.1, -0.05) is 74.9 Å². The van der Waals surface area contributed by atoms with Gasteiger partial charge in [0.1, 0.15) is 28.8 Å². The van der Waals surface area contributed by atoms with E-state index in [4.69, 9.17) is 18.9 Å². The highest BCUT2D eigenvalue weighted by Crippen LogP contribution is 2.34. The number of halogens is 1. The van der Waals surface area contributed by atoms with Gasteiger partial charge < -0.3 is 18.9 Å². The average Bonchev–Trinajstić information content (AvgIpc) is 3.07. The summed E-state index contributed by atoms with van der Waals surface area (Å²) in [5, 5.41) is 0. The van der Waals surface area contributed by atoms with Crippen molar-refractivity contribution in [3.8, 4) is 45.3 Å². The van der Waals surface area contributed by atoms with Crippen LogP contribution >= 0.6 is 0 Å². The summed E-state index contributed by atoms with van der Waals surface area (Å²) in [5.41, 5.74) is 3.95. The molecule has 0 heterocycles. The predicted molar refractivity (Wildman–Crippen MR) is 194 cm³/mol. The summed E-state index contributed by atoms with van der Waals surface area (Å²) < 4.78 is 37.0. The van der Waals surface area contributed by atoms with E-state index >= 15 is 4.39 Å². The fraction of sp³-hybridized carbons (Fsp3) is 0.0952. The molecule has 0 aliphatic rings. The molecule has 0 bridgehead atoms. The maximum atomic E-state index is 15.5. The molecule has 4 aromatic rings. The molecule has 0 amide bonds. The minimum Gasteiger partial charge on any atom is -0.423 e. The second-order valence-corrected chi connectivity index (χ2v) is 11.8. The molecule has 0 aliphatic carbocycles. The van der Waals surface area contributed by atoms with Crippen LogP contribution in [0.5, 0.6) is 23.0 Å². The maximum absolute atomic E-state index is 15.5. The normalized spacial score (nSPS) is 10.6. The molecule has 0 unspecified atom stereocenters. The minimum atomic E-state index is -0.690. The number of rotatable bonds is 12. The molecule has 0 N–H and O–H groups in total. The van der Waals surface area contributed by atoms with Crippen LogP contribution in [0.4, 0.5) is 4.39 Å². The summed E-state index contributed by atoms with van der Waals surface area (Å²) in [6.07, 6.45) is 3.54. The Hall–Kier alpha value is -6.61. The van der Waals surface area contributed by atoms with Crippen molar-refractivity contribution in [2.75, 3.05) is 0 Å². The van der Waals surface area contributed by atoms with E-state index < -0.39 is 29.7 Å². The third-order valence-corrected chi connectivity index (χ3v) is 7.01. The lowest BCUT2D eigenvalue weighted by molar-refractivity contribution is -0.131. The van der Waals surface area contributed by atoms with Gasteiger partial charge in [0, 0.05) is 40.0 Å². The molecule has 0 fully saturated rings. The Morgan fingerprint density at radius 3 is 1.20 bits per heavy atom. The van der Waals surface area contributed by atoms with Gasteiger partial charge in [0.15, 0.2) is 0 Å². The second-order valence-electron chi connectivity index (χ2n) is 11.8. The van der Waals surface area contributed by atoms with Crippen LogP contribution in [0.3, 0.4) is 0 Å². The van der Waals surface area contributed by atoms with Crippen LogP contribution in [0, 0.1) is 5.82 Å². The second kappa shape index (κ2) is 16.2. The summed E-state index contributed by atoms with van der Waals surface area (Å²) in [5.74, 6) is -2.77. The lowest BCUT2D eigenvalue weighted by atomic mass is 10.0. The van der Waals surface area contributed by atoms with Crippen molar-refractivity contribution in [3.05, 3.63) is 144 Å². The highest BCUT2D eigenvalue weighted by molar-refractivity contribution is 5.91. The molecule has 0 atom stereocenters. The zero-order chi connectivity index (χ0) is 37.4. The average molecular weight is 687 g/mol. The van der Waals surface area contributed by atoms with Crippen LogP contribution in [-0.4, -0.2) is 23.9 Å². The highest BCUT2D eigenvalue weighted by atomic mass is 19.1. The first-order chi connectivity index (χ1) is 24.1. The van der Waals surface area contributed by atoms with Gasteiger partial charge in [-0.2, -0.15) is 0 Å². The van der Waals surface area contributed by atoms with Crippen LogP contribution in [0.15, 0.2) is 127 Å². The van der Waals surface area contributed by atoms with Gasteiger partial charge in [-0.15, -0.1) is 0 Å². The van der Waals surface area contributed by atoms with Crippen LogP contribution in [0.25, 0.3) is 34.4 Å². The molecule has 0 spiro atoms. The number of carbonyl (C=O) groups is 4. The van der Waals surface area contributed by atoms with E-state index in [0.29, 0.717) is 16.7 Å². The molecule has 0 saturated carbocycles. The van der Waals surface area contributed by atoms with Gasteiger partial charge in [-0.3, -0.25) is 0 Å². The number of hydrogen-bond donors (Lipinski definition) is 0. The van der Waals surface area contributed by atoms with Crippen LogP contribution in [0.2, 0.25) is 0 Å². The summed E-state index contributed by atoms with van der Waals surface area (Å²) in [7, 11) is 0. The summed E-state index contributed by atoms with van der Waals surface area (Å²) >= 11 is 0. The van der Waals surface area contributed by atoms with Crippen molar-refractivity contribution >= 4 is 36.0 Å². The number of ether oxygens (including phenoxy) is 4. The van der Waals surface area contributed by atoms with E-state index in [-0.39, 0.29) is 50.9 Å². The van der Waals surface area contributed by atoms with Gasteiger partial charge in [0.05, 0.1) is 0 Å². The Morgan fingerprint density at radius 2 is 0.824 bits per heavy atom. The van der Waals surface area contributed by atoms with E-state index in [1.54, 1.807) is 36.4 Å². The molecule has 4 rings (SSSR count). The Morgan fingerprint density at radius 1 is 0.471 bits per heavy atom. The molecule has 51 heavy (non-hydrogen) atoms. The first-order valence-corrected chi connectivity index (χ1v) is 15.5. The monoisotopic (exact) mass is 686 g/mol. The lowest BCUT2D eigenvalue weighted by Gasteiger charge is -2.12. The lowest BCUT2D eigenvalue weighted by Crippen LogP contribution is -2.10. The predicted octanol–water partition coefficient (Wildman–Crippen LogP) is 9.26. The fourth-order valence-corrected chi connectivity index (χ4v) is 4.33. The van der Waals surface area contributed by atoms with Crippen molar-refractivity contribution in [2.45, 2.75) is 27.7 Å².